The Morgan fingerprint density at radius 1 is 1.13 bits per heavy atom. The average Bonchev–Trinajstić information content (AvgIpc) is 3.31. The summed E-state index contributed by atoms with van der Waals surface area (Å²) in [5, 5.41) is 5.29. The van der Waals surface area contributed by atoms with Gasteiger partial charge >= 0.3 is 11.8 Å². The van der Waals surface area contributed by atoms with E-state index in [0.29, 0.717) is 17.2 Å². The van der Waals surface area contributed by atoms with Crippen LogP contribution in [0, 0.1) is 0 Å². The first-order chi connectivity index (χ1) is 14.5. The molecule has 1 atom stereocenters. The fourth-order valence-corrected chi connectivity index (χ4v) is 4.27. The molecule has 0 aliphatic carbocycles. The predicted molar refractivity (Wildman–Crippen MR) is 109 cm³/mol. The van der Waals surface area contributed by atoms with Crippen LogP contribution in [0.4, 0.5) is 11.4 Å². The number of hydrogen-bond donors (Lipinski definition) is 2. The molecule has 30 heavy (non-hydrogen) atoms. The first-order valence-corrected chi connectivity index (χ1v) is 9.97. The van der Waals surface area contributed by atoms with E-state index < -0.39 is 11.8 Å². The van der Waals surface area contributed by atoms with Crippen LogP contribution < -0.4 is 25.0 Å². The third-order valence-electron chi connectivity index (χ3n) is 5.77. The number of aryl methyl sites for hydroxylation is 1. The lowest BCUT2D eigenvalue weighted by Gasteiger charge is -2.26. The molecular formula is C22H21N3O5. The lowest BCUT2D eigenvalue weighted by atomic mass is 9.96. The van der Waals surface area contributed by atoms with Crippen molar-refractivity contribution < 1.29 is 23.9 Å². The third kappa shape index (κ3) is 3.04. The van der Waals surface area contributed by atoms with E-state index in [1.165, 1.54) is 0 Å². The summed E-state index contributed by atoms with van der Waals surface area (Å²) in [6.45, 7) is 2.98. The number of hydrogen-bond acceptors (Lipinski definition) is 5. The Balaban J connectivity index is 1.27. The zero-order chi connectivity index (χ0) is 20.8. The van der Waals surface area contributed by atoms with Crippen LogP contribution >= 0.6 is 0 Å². The first-order valence-electron chi connectivity index (χ1n) is 9.97. The quantitative estimate of drug-likeness (QED) is 0.760. The molecule has 8 heteroatoms. The van der Waals surface area contributed by atoms with Crippen molar-refractivity contribution in [2.45, 2.75) is 32.2 Å². The molecule has 0 radical (unpaired) electrons. The van der Waals surface area contributed by atoms with Crippen LogP contribution in [0.5, 0.6) is 11.5 Å². The van der Waals surface area contributed by atoms with Gasteiger partial charge in [0.1, 0.15) is 0 Å². The van der Waals surface area contributed by atoms with Crippen LogP contribution in [-0.2, 0) is 27.3 Å². The van der Waals surface area contributed by atoms with Crippen molar-refractivity contribution in [3.05, 3.63) is 47.0 Å². The second-order valence-electron chi connectivity index (χ2n) is 7.71. The molecule has 0 saturated heterocycles. The summed E-state index contributed by atoms with van der Waals surface area (Å²) in [6, 6.07) is 9.01. The molecule has 3 aliphatic rings. The van der Waals surface area contributed by atoms with Gasteiger partial charge in [0.25, 0.3) is 0 Å². The van der Waals surface area contributed by atoms with E-state index in [1.807, 2.05) is 17.9 Å². The summed E-state index contributed by atoms with van der Waals surface area (Å²) in [5.74, 6) is -0.338. The molecule has 8 nitrogen and oxygen atoms in total. The number of carbonyl (C=O) groups excluding carboxylic acids is 3. The number of fused-ring (bicyclic) bond motifs is 1. The van der Waals surface area contributed by atoms with Crippen molar-refractivity contribution in [3.8, 4) is 11.5 Å². The number of rotatable bonds is 3. The minimum absolute atomic E-state index is 0.0934. The van der Waals surface area contributed by atoms with E-state index in [9.17, 15) is 14.4 Å². The van der Waals surface area contributed by atoms with Gasteiger partial charge in [-0.15, -0.1) is 0 Å². The Hall–Kier alpha value is -3.55. The van der Waals surface area contributed by atoms with Crippen molar-refractivity contribution in [3.63, 3.8) is 0 Å². The van der Waals surface area contributed by atoms with Gasteiger partial charge in [-0.25, -0.2) is 0 Å². The molecular weight excluding hydrogens is 386 g/mol. The van der Waals surface area contributed by atoms with Gasteiger partial charge in [-0.3, -0.25) is 14.4 Å². The fraction of sp³-hybridized carbons (Fsp3) is 0.318. The molecule has 3 heterocycles. The molecule has 0 fully saturated rings. The van der Waals surface area contributed by atoms with Gasteiger partial charge in [0.2, 0.25) is 12.7 Å². The smallest absolute Gasteiger partial charge is 0.313 e. The lowest BCUT2D eigenvalue weighted by molar-refractivity contribution is -0.136. The van der Waals surface area contributed by atoms with Crippen molar-refractivity contribution in [2.24, 2.45) is 0 Å². The Labute approximate surface area is 173 Å². The third-order valence-corrected chi connectivity index (χ3v) is 5.77. The largest absolute Gasteiger partial charge is 0.454 e. The van der Waals surface area contributed by atoms with Crippen LogP contribution in [0.25, 0.3) is 0 Å². The maximum Gasteiger partial charge on any atom is 0.313 e. The molecule has 0 bridgehead atoms. The summed E-state index contributed by atoms with van der Waals surface area (Å²) < 4.78 is 10.6. The Morgan fingerprint density at radius 2 is 1.97 bits per heavy atom. The molecule has 0 spiro atoms. The second kappa shape index (κ2) is 7.05. The van der Waals surface area contributed by atoms with Gasteiger partial charge in [0.05, 0.1) is 11.6 Å². The SMILES string of the molecule is C[C@@H]1C(=O)N2CCCc3cc(NC(=O)C(=O)NCc4ccc5c(c4)OCO5)cc1c32. The first kappa shape index (κ1) is 18.5. The van der Waals surface area contributed by atoms with E-state index in [4.69, 9.17) is 9.47 Å². The zero-order valence-electron chi connectivity index (χ0n) is 16.5. The highest BCUT2D eigenvalue weighted by atomic mass is 16.7. The topological polar surface area (TPSA) is 97.0 Å². The van der Waals surface area contributed by atoms with Gasteiger partial charge in [-0.1, -0.05) is 6.07 Å². The van der Waals surface area contributed by atoms with Gasteiger partial charge in [0.15, 0.2) is 11.5 Å². The maximum absolute atomic E-state index is 12.5. The van der Waals surface area contributed by atoms with Crippen LogP contribution in [0.2, 0.25) is 0 Å². The molecule has 3 amide bonds. The molecule has 0 saturated carbocycles. The maximum atomic E-state index is 12.5. The van der Waals surface area contributed by atoms with E-state index in [0.717, 1.165) is 41.8 Å². The molecule has 2 N–H and O–H groups in total. The summed E-state index contributed by atoms with van der Waals surface area (Å²) in [6.07, 6.45) is 1.73. The van der Waals surface area contributed by atoms with Crippen molar-refractivity contribution in [2.75, 3.05) is 23.6 Å². The van der Waals surface area contributed by atoms with E-state index in [1.54, 1.807) is 24.3 Å². The Morgan fingerprint density at radius 3 is 2.83 bits per heavy atom. The number of carbonyl (C=O) groups is 3. The summed E-state index contributed by atoms with van der Waals surface area (Å²) in [5.41, 5.74) is 4.26. The second-order valence-corrected chi connectivity index (χ2v) is 7.71. The molecule has 5 rings (SSSR count). The number of nitrogens with one attached hydrogen (secondary N) is 2. The summed E-state index contributed by atoms with van der Waals surface area (Å²) in [7, 11) is 0. The van der Waals surface area contributed by atoms with E-state index >= 15 is 0 Å². The highest BCUT2D eigenvalue weighted by molar-refractivity contribution is 6.39. The lowest BCUT2D eigenvalue weighted by Crippen LogP contribution is -2.35. The molecule has 154 valence electrons. The molecule has 0 unspecified atom stereocenters. The normalized spacial score (nSPS) is 18.2. The van der Waals surface area contributed by atoms with Crippen molar-refractivity contribution in [1.29, 1.82) is 0 Å². The highest BCUT2D eigenvalue weighted by Crippen LogP contribution is 2.44. The predicted octanol–water partition coefficient (Wildman–Crippen LogP) is 2.07. The average molecular weight is 407 g/mol. The van der Waals surface area contributed by atoms with Crippen LogP contribution in [0.3, 0.4) is 0 Å². The van der Waals surface area contributed by atoms with Crippen molar-refractivity contribution >= 4 is 29.1 Å². The van der Waals surface area contributed by atoms with Crippen LogP contribution in [0.15, 0.2) is 30.3 Å². The monoisotopic (exact) mass is 407 g/mol. The molecule has 3 aliphatic heterocycles. The molecule has 2 aromatic rings. The Bertz CT molecular complexity index is 1080. The standard InChI is InChI=1S/C22H21N3O5/c1-12-16-9-15(8-14-3-2-6-25(19(14)16)22(12)28)24-21(27)20(26)23-10-13-4-5-17-18(7-13)30-11-29-17/h4-5,7-9,12H,2-3,6,10-11H2,1H3,(H,23,26)(H,24,27)/t12-/m0/s1. The summed E-state index contributed by atoms with van der Waals surface area (Å²) in [4.78, 5) is 39.0. The van der Waals surface area contributed by atoms with Crippen LogP contribution in [-0.4, -0.2) is 31.1 Å². The fourth-order valence-electron chi connectivity index (χ4n) is 4.27. The zero-order valence-corrected chi connectivity index (χ0v) is 16.5. The van der Waals surface area contributed by atoms with Crippen LogP contribution in [0.1, 0.15) is 36.0 Å². The molecule has 2 aromatic carbocycles. The summed E-state index contributed by atoms with van der Waals surface area (Å²) >= 11 is 0. The number of anilines is 2. The number of benzene rings is 2. The van der Waals surface area contributed by atoms with Gasteiger partial charge in [-0.05, 0) is 60.7 Å². The van der Waals surface area contributed by atoms with Gasteiger partial charge in [0, 0.05) is 18.8 Å². The highest BCUT2D eigenvalue weighted by Gasteiger charge is 2.38. The van der Waals surface area contributed by atoms with Gasteiger partial charge < -0.3 is 25.0 Å². The minimum atomic E-state index is -0.743. The minimum Gasteiger partial charge on any atom is -0.454 e. The molecule has 0 aromatic heterocycles. The number of amides is 3. The Kier molecular flexibility index (Phi) is 4.34. The van der Waals surface area contributed by atoms with E-state index in [2.05, 4.69) is 10.6 Å². The van der Waals surface area contributed by atoms with Crippen molar-refractivity contribution in [1.82, 2.24) is 5.32 Å². The number of nitrogens with zero attached hydrogens (tertiary/aromatic N) is 1. The van der Waals surface area contributed by atoms with E-state index in [-0.39, 0.29) is 25.2 Å². The number of ether oxygens (including phenoxy) is 2. The van der Waals surface area contributed by atoms with Gasteiger partial charge in [-0.2, -0.15) is 0 Å².